The molecule has 1 aliphatic rings. The van der Waals surface area contributed by atoms with E-state index in [1.807, 2.05) is 6.92 Å². The Kier molecular flexibility index (Phi) is 4.76. The summed E-state index contributed by atoms with van der Waals surface area (Å²) < 4.78 is 13.6. The Hall–Kier alpha value is -1.42. The highest BCUT2D eigenvalue weighted by molar-refractivity contribution is 5.86. The number of benzene rings is 1. The number of carbonyl (C=O) groups excluding carboxylic acids is 1. The van der Waals surface area contributed by atoms with E-state index in [-0.39, 0.29) is 17.8 Å². The Morgan fingerprint density at radius 1 is 1.35 bits per heavy atom. The van der Waals surface area contributed by atoms with Crippen molar-refractivity contribution < 1.29 is 9.18 Å². The van der Waals surface area contributed by atoms with Crippen LogP contribution in [-0.2, 0) is 11.2 Å². The maximum absolute atomic E-state index is 13.6. The summed E-state index contributed by atoms with van der Waals surface area (Å²) in [4.78, 5) is 12.3. The minimum Gasteiger partial charge on any atom is -0.352 e. The van der Waals surface area contributed by atoms with E-state index in [1.165, 1.54) is 6.07 Å². The fourth-order valence-corrected chi connectivity index (χ4v) is 2.82. The largest absolute Gasteiger partial charge is 0.352 e. The van der Waals surface area contributed by atoms with E-state index in [1.54, 1.807) is 18.2 Å². The summed E-state index contributed by atoms with van der Waals surface area (Å²) in [5.74, 6) is -0.324. The van der Waals surface area contributed by atoms with Crippen molar-refractivity contribution in [1.82, 2.24) is 5.32 Å². The Bertz CT molecular complexity index is 469. The summed E-state index contributed by atoms with van der Waals surface area (Å²) in [6.07, 6.45) is 5.12. The minimum absolute atomic E-state index is 0.0963. The van der Waals surface area contributed by atoms with E-state index in [9.17, 15) is 9.18 Å². The van der Waals surface area contributed by atoms with Gasteiger partial charge in [0, 0.05) is 6.04 Å². The van der Waals surface area contributed by atoms with Gasteiger partial charge in [0.15, 0.2) is 0 Å². The predicted octanol–water partition coefficient (Wildman–Crippen LogP) is 2.53. The molecule has 1 saturated carbocycles. The summed E-state index contributed by atoms with van der Waals surface area (Å²) in [6.45, 7) is 1.89. The van der Waals surface area contributed by atoms with Crippen molar-refractivity contribution in [2.75, 3.05) is 0 Å². The quantitative estimate of drug-likeness (QED) is 0.889. The van der Waals surface area contributed by atoms with Crippen molar-refractivity contribution in [3.05, 3.63) is 35.6 Å². The number of amides is 1. The Labute approximate surface area is 119 Å². The normalized spacial score (nSPS) is 19.4. The fourth-order valence-electron chi connectivity index (χ4n) is 2.82. The van der Waals surface area contributed by atoms with Crippen LogP contribution in [0, 0.1) is 5.82 Å². The van der Waals surface area contributed by atoms with Crippen LogP contribution in [0.25, 0.3) is 0 Å². The first-order valence-corrected chi connectivity index (χ1v) is 7.34. The molecular weight excluding hydrogens is 255 g/mol. The van der Waals surface area contributed by atoms with Crippen LogP contribution in [0.1, 0.15) is 44.6 Å². The van der Waals surface area contributed by atoms with Crippen molar-refractivity contribution in [2.24, 2.45) is 5.73 Å². The lowest BCUT2D eigenvalue weighted by Gasteiger charge is -2.33. The topological polar surface area (TPSA) is 55.1 Å². The van der Waals surface area contributed by atoms with E-state index in [0.717, 1.165) is 32.1 Å². The van der Waals surface area contributed by atoms with Crippen molar-refractivity contribution in [1.29, 1.82) is 0 Å². The molecule has 1 unspecified atom stereocenters. The molecule has 2 rings (SSSR count). The van der Waals surface area contributed by atoms with Crippen LogP contribution in [0.4, 0.5) is 4.39 Å². The molecule has 1 aliphatic carbocycles. The van der Waals surface area contributed by atoms with Gasteiger partial charge in [0.05, 0.1) is 5.54 Å². The van der Waals surface area contributed by atoms with Crippen LogP contribution in [0.5, 0.6) is 0 Å². The molecule has 0 saturated heterocycles. The van der Waals surface area contributed by atoms with Gasteiger partial charge >= 0.3 is 0 Å². The maximum Gasteiger partial charge on any atom is 0.240 e. The monoisotopic (exact) mass is 278 g/mol. The minimum atomic E-state index is -0.734. The van der Waals surface area contributed by atoms with Crippen molar-refractivity contribution in [2.45, 2.75) is 57.0 Å². The standard InChI is InChI=1S/C16H23FN2O/c1-12(11-13-7-3-4-8-14(13)17)19-15(20)16(18)9-5-2-6-10-16/h3-4,7-8,12H,2,5-6,9-11,18H2,1H3,(H,19,20). The second-order valence-electron chi connectivity index (χ2n) is 5.89. The third-order valence-corrected chi connectivity index (χ3v) is 4.06. The van der Waals surface area contributed by atoms with Crippen molar-refractivity contribution in [3.63, 3.8) is 0 Å². The molecule has 3 N–H and O–H groups in total. The molecule has 4 heteroatoms. The van der Waals surface area contributed by atoms with Gasteiger partial charge in [-0.2, -0.15) is 0 Å². The van der Waals surface area contributed by atoms with Crippen LogP contribution in [0.2, 0.25) is 0 Å². The van der Waals surface area contributed by atoms with Crippen molar-refractivity contribution in [3.8, 4) is 0 Å². The van der Waals surface area contributed by atoms with Crippen LogP contribution < -0.4 is 11.1 Å². The second-order valence-corrected chi connectivity index (χ2v) is 5.89. The number of hydrogen-bond donors (Lipinski definition) is 2. The van der Waals surface area contributed by atoms with Crippen LogP contribution in [0.15, 0.2) is 24.3 Å². The summed E-state index contributed by atoms with van der Waals surface area (Å²) in [7, 11) is 0. The summed E-state index contributed by atoms with van der Waals surface area (Å²) in [5.41, 5.74) is 6.07. The molecule has 1 atom stereocenters. The van der Waals surface area contributed by atoms with Crippen LogP contribution in [0.3, 0.4) is 0 Å². The van der Waals surface area contributed by atoms with Gasteiger partial charge in [-0.3, -0.25) is 4.79 Å². The first-order valence-electron chi connectivity index (χ1n) is 7.34. The lowest BCUT2D eigenvalue weighted by molar-refractivity contribution is -0.128. The molecule has 0 aromatic heterocycles. The molecule has 1 aromatic rings. The Balaban J connectivity index is 1.92. The summed E-state index contributed by atoms with van der Waals surface area (Å²) in [6, 6.07) is 6.53. The molecule has 0 aliphatic heterocycles. The van der Waals surface area contributed by atoms with E-state index in [2.05, 4.69) is 5.32 Å². The molecule has 3 nitrogen and oxygen atoms in total. The number of hydrogen-bond acceptors (Lipinski definition) is 2. The van der Waals surface area contributed by atoms with Gasteiger partial charge in [-0.1, -0.05) is 37.5 Å². The van der Waals surface area contributed by atoms with Gasteiger partial charge in [0.2, 0.25) is 5.91 Å². The zero-order chi connectivity index (χ0) is 14.6. The maximum atomic E-state index is 13.6. The highest BCUT2D eigenvalue weighted by Gasteiger charge is 2.35. The van der Waals surface area contributed by atoms with E-state index >= 15 is 0 Å². The van der Waals surface area contributed by atoms with E-state index in [4.69, 9.17) is 5.73 Å². The lowest BCUT2D eigenvalue weighted by Crippen LogP contribution is -2.56. The number of nitrogens with one attached hydrogen (secondary N) is 1. The first-order chi connectivity index (χ1) is 9.51. The lowest BCUT2D eigenvalue weighted by atomic mass is 9.81. The molecule has 1 fully saturated rings. The Morgan fingerprint density at radius 3 is 2.65 bits per heavy atom. The molecule has 1 amide bonds. The zero-order valence-electron chi connectivity index (χ0n) is 12.0. The summed E-state index contributed by atoms with van der Waals surface area (Å²) in [5, 5.41) is 2.94. The van der Waals surface area contributed by atoms with Crippen LogP contribution in [-0.4, -0.2) is 17.5 Å². The number of rotatable bonds is 4. The average molecular weight is 278 g/mol. The first kappa shape index (κ1) is 15.0. The third kappa shape index (κ3) is 3.57. The summed E-state index contributed by atoms with van der Waals surface area (Å²) >= 11 is 0. The predicted molar refractivity (Wildman–Crippen MR) is 77.7 cm³/mol. The molecule has 0 radical (unpaired) electrons. The second kappa shape index (κ2) is 6.35. The number of nitrogens with two attached hydrogens (primary N) is 1. The van der Waals surface area contributed by atoms with Gasteiger partial charge in [-0.15, -0.1) is 0 Å². The van der Waals surface area contributed by atoms with Gasteiger partial charge in [0.25, 0.3) is 0 Å². The molecular formula is C16H23FN2O. The number of halogens is 1. The molecule has 0 heterocycles. The molecule has 20 heavy (non-hydrogen) atoms. The smallest absolute Gasteiger partial charge is 0.240 e. The van der Waals surface area contributed by atoms with Gasteiger partial charge in [0.1, 0.15) is 5.82 Å². The van der Waals surface area contributed by atoms with Gasteiger partial charge in [-0.25, -0.2) is 4.39 Å². The molecule has 1 aromatic carbocycles. The van der Waals surface area contributed by atoms with E-state index in [0.29, 0.717) is 12.0 Å². The SMILES string of the molecule is CC(Cc1ccccc1F)NC(=O)C1(N)CCCCC1. The highest BCUT2D eigenvalue weighted by Crippen LogP contribution is 2.26. The van der Waals surface area contributed by atoms with Crippen molar-refractivity contribution >= 4 is 5.91 Å². The number of carbonyl (C=O) groups is 1. The van der Waals surface area contributed by atoms with Crippen LogP contribution >= 0.6 is 0 Å². The molecule has 110 valence electrons. The molecule has 0 spiro atoms. The third-order valence-electron chi connectivity index (χ3n) is 4.06. The van der Waals surface area contributed by atoms with Gasteiger partial charge < -0.3 is 11.1 Å². The fraction of sp³-hybridized carbons (Fsp3) is 0.562. The average Bonchev–Trinajstić information content (AvgIpc) is 2.42. The highest BCUT2D eigenvalue weighted by atomic mass is 19.1. The Morgan fingerprint density at radius 2 is 2.00 bits per heavy atom. The van der Waals surface area contributed by atoms with Gasteiger partial charge in [-0.05, 0) is 37.8 Å². The molecule has 0 bridgehead atoms. The zero-order valence-corrected chi connectivity index (χ0v) is 12.0. The van der Waals surface area contributed by atoms with E-state index < -0.39 is 5.54 Å².